The molecule has 0 fully saturated rings. The molecule has 2 N–H and O–H groups in total. The Morgan fingerprint density at radius 2 is 1.41 bits per heavy atom. The van der Waals surface area contributed by atoms with Crippen LogP contribution < -0.4 is 5.73 Å². The Morgan fingerprint density at radius 3 is 1.76 bits per heavy atom. The summed E-state index contributed by atoms with van der Waals surface area (Å²) < 4.78 is 0. The predicted molar refractivity (Wildman–Crippen MR) is 69.3 cm³/mol. The van der Waals surface area contributed by atoms with Crippen LogP contribution in [0, 0.1) is 0 Å². The zero-order chi connectivity index (χ0) is 12.8. The van der Waals surface area contributed by atoms with Crippen molar-refractivity contribution in [2.75, 3.05) is 5.73 Å². The van der Waals surface area contributed by atoms with Gasteiger partial charge in [0.15, 0.2) is 11.6 Å². The lowest BCUT2D eigenvalue weighted by molar-refractivity contribution is 0.0981. The highest BCUT2D eigenvalue weighted by atomic mass is 16.1. The maximum absolute atomic E-state index is 11.8. The van der Waals surface area contributed by atoms with Crippen LogP contribution in [-0.2, 0) is 0 Å². The number of hydrogen-bond donors (Lipinski definition) is 1. The van der Waals surface area contributed by atoms with Gasteiger partial charge >= 0.3 is 0 Å². The molecule has 92 valence electrons. The lowest BCUT2D eigenvalue weighted by Gasteiger charge is -2.08. The normalized spacial score (nSPS) is 10.2. The second-order valence-electron chi connectivity index (χ2n) is 4.11. The SMILES string of the molecule is CCCC(=O)c1cccc(C(=O)CCC)c1N. The number of hydrogen-bond acceptors (Lipinski definition) is 3. The van der Waals surface area contributed by atoms with Gasteiger partial charge in [-0.05, 0) is 25.0 Å². The number of ketones is 2. The number of benzene rings is 1. The Balaban J connectivity index is 3.07. The van der Waals surface area contributed by atoms with Crippen LogP contribution >= 0.6 is 0 Å². The smallest absolute Gasteiger partial charge is 0.164 e. The summed E-state index contributed by atoms with van der Waals surface area (Å²) in [5.74, 6) is 0.0206. The zero-order valence-corrected chi connectivity index (χ0v) is 10.5. The minimum Gasteiger partial charge on any atom is -0.398 e. The van der Waals surface area contributed by atoms with E-state index in [0.29, 0.717) is 29.7 Å². The average Bonchev–Trinajstić information content (AvgIpc) is 2.29. The van der Waals surface area contributed by atoms with Crippen LogP contribution in [0.3, 0.4) is 0 Å². The second-order valence-corrected chi connectivity index (χ2v) is 4.11. The van der Waals surface area contributed by atoms with E-state index in [0.717, 1.165) is 12.8 Å². The van der Waals surface area contributed by atoms with E-state index in [1.807, 2.05) is 13.8 Å². The van der Waals surface area contributed by atoms with Crippen LogP contribution in [0.15, 0.2) is 18.2 Å². The van der Waals surface area contributed by atoms with Gasteiger partial charge in [-0.15, -0.1) is 0 Å². The van der Waals surface area contributed by atoms with Gasteiger partial charge in [-0.2, -0.15) is 0 Å². The van der Waals surface area contributed by atoms with E-state index in [1.165, 1.54) is 0 Å². The Morgan fingerprint density at radius 1 is 1.00 bits per heavy atom. The zero-order valence-electron chi connectivity index (χ0n) is 10.5. The maximum atomic E-state index is 11.8. The fraction of sp³-hybridized carbons (Fsp3) is 0.429. The fourth-order valence-corrected chi connectivity index (χ4v) is 1.77. The van der Waals surface area contributed by atoms with Crippen molar-refractivity contribution in [3.8, 4) is 0 Å². The number of rotatable bonds is 6. The highest BCUT2D eigenvalue weighted by Crippen LogP contribution is 2.21. The van der Waals surface area contributed by atoms with Crippen molar-refractivity contribution in [3.63, 3.8) is 0 Å². The molecule has 0 spiro atoms. The average molecular weight is 233 g/mol. The monoisotopic (exact) mass is 233 g/mol. The van der Waals surface area contributed by atoms with E-state index in [-0.39, 0.29) is 11.6 Å². The molecule has 0 bridgehead atoms. The summed E-state index contributed by atoms with van der Waals surface area (Å²) in [6.07, 6.45) is 2.50. The van der Waals surface area contributed by atoms with Crippen LogP contribution in [0.1, 0.15) is 60.2 Å². The van der Waals surface area contributed by atoms with Crippen LogP contribution in [0.25, 0.3) is 0 Å². The Hall–Kier alpha value is -1.64. The molecule has 3 nitrogen and oxygen atoms in total. The van der Waals surface area contributed by atoms with E-state index in [9.17, 15) is 9.59 Å². The van der Waals surface area contributed by atoms with Crippen molar-refractivity contribution in [1.29, 1.82) is 0 Å². The molecule has 0 saturated carbocycles. The van der Waals surface area contributed by atoms with Gasteiger partial charge < -0.3 is 5.73 Å². The van der Waals surface area contributed by atoms with E-state index >= 15 is 0 Å². The van der Waals surface area contributed by atoms with Crippen molar-refractivity contribution in [3.05, 3.63) is 29.3 Å². The molecule has 0 saturated heterocycles. The molecule has 3 heteroatoms. The molecule has 0 aromatic heterocycles. The van der Waals surface area contributed by atoms with Gasteiger partial charge in [0, 0.05) is 24.0 Å². The summed E-state index contributed by atoms with van der Waals surface area (Å²) in [6.45, 7) is 3.89. The number of carbonyl (C=O) groups is 2. The van der Waals surface area contributed by atoms with Gasteiger partial charge in [-0.3, -0.25) is 9.59 Å². The summed E-state index contributed by atoms with van der Waals surface area (Å²) >= 11 is 0. The van der Waals surface area contributed by atoms with Crippen LogP contribution in [0.5, 0.6) is 0 Å². The molecule has 0 atom stereocenters. The molecule has 0 heterocycles. The van der Waals surface area contributed by atoms with Gasteiger partial charge in [0.1, 0.15) is 0 Å². The van der Waals surface area contributed by atoms with E-state index < -0.39 is 0 Å². The third-order valence-electron chi connectivity index (χ3n) is 2.66. The van der Waals surface area contributed by atoms with Crippen molar-refractivity contribution >= 4 is 17.3 Å². The van der Waals surface area contributed by atoms with Gasteiger partial charge in [0.25, 0.3) is 0 Å². The van der Waals surface area contributed by atoms with Gasteiger partial charge in [-0.25, -0.2) is 0 Å². The van der Waals surface area contributed by atoms with Gasteiger partial charge in [0.2, 0.25) is 0 Å². The van der Waals surface area contributed by atoms with Crippen LogP contribution in [0.4, 0.5) is 5.69 Å². The molecule has 0 aliphatic carbocycles. The number of carbonyl (C=O) groups excluding carboxylic acids is 2. The molecule has 0 unspecified atom stereocenters. The van der Waals surface area contributed by atoms with E-state index in [2.05, 4.69) is 0 Å². The quantitative estimate of drug-likeness (QED) is 0.606. The minimum atomic E-state index is 0.0103. The standard InChI is InChI=1S/C14H19NO2/c1-3-6-12(16)10-8-5-9-11(14(10)15)13(17)7-4-2/h5,8-9H,3-4,6-7,15H2,1-2H3. The highest BCUT2D eigenvalue weighted by Gasteiger charge is 2.15. The fourth-order valence-electron chi connectivity index (χ4n) is 1.77. The second kappa shape index (κ2) is 6.18. The summed E-state index contributed by atoms with van der Waals surface area (Å²) in [6, 6.07) is 5.11. The Labute approximate surface area is 102 Å². The summed E-state index contributed by atoms with van der Waals surface area (Å²) in [4.78, 5) is 23.6. The first-order chi connectivity index (χ1) is 8.11. The summed E-state index contributed by atoms with van der Waals surface area (Å²) in [5.41, 5.74) is 7.20. The number of Topliss-reactive ketones (excluding diaryl/α,β-unsaturated/α-hetero) is 2. The predicted octanol–water partition coefficient (Wildman–Crippen LogP) is 3.23. The first-order valence-corrected chi connectivity index (χ1v) is 6.06. The number of para-hydroxylation sites is 1. The van der Waals surface area contributed by atoms with Gasteiger partial charge in [-0.1, -0.05) is 19.9 Å². The first kappa shape index (κ1) is 13.4. The van der Waals surface area contributed by atoms with Gasteiger partial charge in [0.05, 0.1) is 5.69 Å². The lowest BCUT2D eigenvalue weighted by atomic mass is 9.98. The Kier molecular flexibility index (Phi) is 4.88. The lowest BCUT2D eigenvalue weighted by Crippen LogP contribution is -2.09. The van der Waals surface area contributed by atoms with Crippen molar-refractivity contribution in [2.45, 2.75) is 39.5 Å². The molecular formula is C14H19NO2. The molecule has 0 amide bonds. The third kappa shape index (κ3) is 3.16. The molecule has 0 radical (unpaired) electrons. The molecule has 1 aromatic carbocycles. The largest absolute Gasteiger partial charge is 0.398 e. The number of anilines is 1. The van der Waals surface area contributed by atoms with Crippen LogP contribution in [0.2, 0.25) is 0 Å². The van der Waals surface area contributed by atoms with Crippen molar-refractivity contribution < 1.29 is 9.59 Å². The third-order valence-corrected chi connectivity index (χ3v) is 2.66. The number of nitrogens with two attached hydrogens (primary N) is 1. The maximum Gasteiger partial charge on any atom is 0.164 e. The molecule has 1 rings (SSSR count). The summed E-state index contributed by atoms with van der Waals surface area (Å²) in [5, 5.41) is 0. The molecule has 1 aromatic rings. The van der Waals surface area contributed by atoms with E-state index in [4.69, 9.17) is 5.73 Å². The van der Waals surface area contributed by atoms with Crippen molar-refractivity contribution in [2.24, 2.45) is 0 Å². The Bertz CT molecular complexity index is 388. The van der Waals surface area contributed by atoms with Crippen molar-refractivity contribution in [1.82, 2.24) is 0 Å². The molecule has 0 aliphatic rings. The first-order valence-electron chi connectivity index (χ1n) is 6.06. The van der Waals surface area contributed by atoms with E-state index in [1.54, 1.807) is 18.2 Å². The molecule has 17 heavy (non-hydrogen) atoms. The molecule has 0 aliphatic heterocycles. The topological polar surface area (TPSA) is 60.2 Å². The summed E-state index contributed by atoms with van der Waals surface area (Å²) in [7, 11) is 0. The highest BCUT2D eigenvalue weighted by molar-refractivity contribution is 6.08. The van der Waals surface area contributed by atoms with Crippen LogP contribution in [-0.4, -0.2) is 11.6 Å². The molecular weight excluding hydrogens is 214 g/mol. The minimum absolute atomic E-state index is 0.0103. The number of nitrogen functional groups attached to an aromatic ring is 1.